The summed E-state index contributed by atoms with van der Waals surface area (Å²) >= 11 is 0. The second-order valence-corrected chi connectivity index (χ2v) is 42.5. The summed E-state index contributed by atoms with van der Waals surface area (Å²) in [6.07, 6.45) is -51.3. The fourth-order valence-electron chi connectivity index (χ4n) is 24.3. The molecule has 49 nitrogen and oxygen atoms in total. The fourth-order valence-corrected chi connectivity index (χ4v) is 24.3. The van der Waals surface area contributed by atoms with E-state index >= 15 is 4.79 Å². The molecule has 30 rings (SSSR count). The molecule has 49 heteroatoms. The van der Waals surface area contributed by atoms with Gasteiger partial charge in [0.05, 0.1) is 62.1 Å². The van der Waals surface area contributed by atoms with Crippen molar-refractivity contribution in [2.75, 3.05) is 63.8 Å². The molecule has 2 saturated carbocycles. The fraction of sp³-hybridized carbons (Fsp3) is 0.784. The van der Waals surface area contributed by atoms with Crippen LogP contribution in [0, 0.1) is 28.6 Å². The smallest absolute Gasteiger partial charge is 0.312 e. The number of aliphatic hydroxyl groups excluding tert-OH is 17. The topological polar surface area (TPSA) is 764 Å². The first-order valence-electron chi connectivity index (χ1n) is 51.0. The Kier molecular flexibility index (Phi) is 36.8. The van der Waals surface area contributed by atoms with Crippen LogP contribution in [-0.4, -0.2) is 398 Å². The predicted octanol–water partition coefficient (Wildman–Crippen LogP) is -6.31. The third-order valence-corrected chi connectivity index (χ3v) is 32.5. The molecule has 5 aliphatic carbocycles. The Bertz CT molecular complexity index is 4950. The zero-order chi connectivity index (χ0) is 105. The number of primary amides is 1. The van der Waals surface area contributed by atoms with Gasteiger partial charge in [-0.05, 0) is 178 Å². The highest BCUT2D eigenvalue weighted by Crippen LogP contribution is 2.61. The first-order valence-corrected chi connectivity index (χ1v) is 51.0. The zero-order valence-corrected chi connectivity index (χ0v) is 82.7. The van der Waals surface area contributed by atoms with Gasteiger partial charge in [-0.25, -0.2) is 9.48 Å². The van der Waals surface area contributed by atoms with E-state index in [2.05, 4.69) is 68.2 Å². The molecule has 1 aromatic heterocycles. The minimum absolute atomic E-state index is 0.00587. The molecule has 0 radical (unpaired) electrons. The van der Waals surface area contributed by atoms with Gasteiger partial charge in [0.2, 0.25) is 35.4 Å². The van der Waals surface area contributed by atoms with Crippen LogP contribution in [0.2, 0.25) is 0 Å². The lowest BCUT2D eigenvalue weighted by molar-refractivity contribution is -0.403. The summed E-state index contributed by atoms with van der Waals surface area (Å²) in [5.41, 5.74) is 22.0. The molecule has 3 aromatic rings. The Morgan fingerprint density at radius 1 is 0.466 bits per heavy atom. The van der Waals surface area contributed by atoms with Gasteiger partial charge in [0.25, 0.3) is 0 Å². The van der Waals surface area contributed by atoms with Crippen LogP contribution < -0.4 is 49.1 Å². The van der Waals surface area contributed by atoms with Gasteiger partial charge in [-0.15, -0.1) is 5.10 Å². The van der Waals surface area contributed by atoms with E-state index in [1.807, 2.05) is 32.0 Å². The Morgan fingerprint density at radius 3 is 1.33 bits per heavy atom. The van der Waals surface area contributed by atoms with Crippen LogP contribution in [0.3, 0.4) is 0 Å². The number of hydrogen-bond acceptors (Lipinski definition) is 41. The average Bonchev–Trinajstić information content (AvgIpc) is 0.725. The van der Waals surface area contributed by atoms with Gasteiger partial charge in [-0.3, -0.25) is 34.1 Å². The molecule has 22 saturated heterocycles. The number of rotatable bonds is 28. The van der Waals surface area contributed by atoms with Crippen molar-refractivity contribution in [2.45, 2.75) is 396 Å². The van der Waals surface area contributed by atoms with Crippen molar-refractivity contribution in [3.63, 3.8) is 0 Å². The molecule has 31 unspecified atom stereocenters. The van der Waals surface area contributed by atoms with E-state index in [1.165, 1.54) is 15.8 Å². The van der Waals surface area contributed by atoms with Crippen LogP contribution in [0.4, 0.5) is 16.2 Å². The number of urea groups is 1. The monoisotopic (exact) mass is 2070 g/mol. The second kappa shape index (κ2) is 47.8. The normalized spacial score (nSPS) is 40.0. The number of fused-ring (bicyclic) bond motifs is 7. The van der Waals surface area contributed by atoms with Gasteiger partial charge in [0, 0.05) is 24.5 Å². The first kappa shape index (κ1) is 113. The van der Waals surface area contributed by atoms with Gasteiger partial charge < -0.3 is 192 Å². The minimum atomic E-state index is -2.27. The van der Waals surface area contributed by atoms with E-state index in [0.29, 0.717) is 87.7 Å². The Balaban J connectivity index is 0.571. The standard InChI is InChI=1S/C97H148N12O37/c1-42(2)62(84(130)104-50(16-12-32-102-93(100)133)83(129)103-46-24-20-44-22-26-60-95(4,48(44)34-46)28-14-30-97(60,6)92(132)106-91(131)96(5)29-13-27-94(3)47-33-45(98)23-19-43(47)21-25-59(94)96)105-82(128)49(99)15-10-11-31-101-61(115)41-134-52-18-9-7-8-17-51-63(52)107-108-109(51)35-53-76-64(116)70(122)85(135-53)142-77-54(36-110)137-87(72(124)66(77)118)144-79-56(38-112)139-89(74(126)68(79)120)146-81-58(40-114)140-90(75(127)69(81)121)145-80-57(39-113)138-88(73(125)67(80)119)143-78-55(37-111)136-86(141-76)71(123)65(78)117/h19-20,23-24,33-34,42,49-50,52-60,62,64-81,85-90,110-114,116-127H,7-18,21-22,25-32,35-41,98-99H2,1-6H3,(H,101,115)(H,103,129)(H,104,130)(H,105,128)(H3,100,102,133)(H,106,131,132)/t49-,50+,52?,53?,54?,55?,56?,57?,58?,59-,60-,62+,64?,65?,66?,67?,68?,69?,70?,71?,72?,73?,74?,75?,76?,77?,78?,79?,80?,81?,85?,86?,87?,88?,89?,90?,94-,95-,96+,97+/m1/s1. The number of nitrogen functional groups attached to an aromatic ring is 1. The number of imide groups is 1. The molecule has 24 fully saturated rings. The number of aryl methyl sites for hydroxylation is 2. The molecule has 22 aliphatic heterocycles. The van der Waals surface area contributed by atoms with E-state index in [9.17, 15) is 116 Å². The summed E-state index contributed by atoms with van der Waals surface area (Å²) in [7, 11) is 0. The van der Waals surface area contributed by atoms with E-state index in [1.54, 1.807) is 19.9 Å². The van der Waals surface area contributed by atoms with Gasteiger partial charge in [0.1, 0.15) is 177 Å². The molecule has 40 atom stereocenters. The van der Waals surface area contributed by atoms with Gasteiger partial charge >= 0.3 is 6.03 Å². The van der Waals surface area contributed by atoms with Crippen molar-refractivity contribution < 1.29 is 182 Å². The zero-order valence-electron chi connectivity index (χ0n) is 82.7. The van der Waals surface area contributed by atoms with Gasteiger partial charge in [-0.2, -0.15) is 0 Å². The van der Waals surface area contributed by atoms with E-state index in [-0.39, 0.29) is 73.5 Å². The number of aromatic nitrogens is 3. The number of hydrogen-bond donors (Lipinski definition) is 26. The highest BCUT2D eigenvalue weighted by atomic mass is 16.8. The van der Waals surface area contributed by atoms with Gasteiger partial charge in [-0.1, -0.05) is 84.6 Å². The van der Waals surface area contributed by atoms with Crippen LogP contribution >= 0.6 is 0 Å². The maximum atomic E-state index is 15.0. The maximum Gasteiger partial charge on any atom is 0.312 e. The lowest BCUT2D eigenvalue weighted by Gasteiger charge is -2.56. The molecule has 12 bridgehead atoms. The number of nitrogens with one attached hydrogen (secondary N) is 6. The number of ether oxygens (including phenoxy) is 13. The maximum absolute atomic E-state index is 15.0. The van der Waals surface area contributed by atoms with Crippen LogP contribution in [0.5, 0.6) is 0 Å². The molecule has 2 aromatic carbocycles. The number of anilines is 2. The quantitative estimate of drug-likeness (QED) is 0.0183. The number of amides is 8. The van der Waals surface area contributed by atoms with Crippen molar-refractivity contribution in [3.05, 3.63) is 70.0 Å². The number of unbranched alkanes of at least 4 members (excludes halogenated alkanes) is 1. The molecule has 27 aliphatic rings. The van der Waals surface area contributed by atoms with Crippen molar-refractivity contribution >= 4 is 52.8 Å². The van der Waals surface area contributed by atoms with Gasteiger partial charge in [0.15, 0.2) is 37.7 Å². The van der Waals surface area contributed by atoms with Crippen LogP contribution in [0.1, 0.15) is 190 Å². The first-order chi connectivity index (χ1) is 69.5. The van der Waals surface area contributed by atoms with Crippen molar-refractivity contribution in [1.29, 1.82) is 0 Å². The number of carbonyl (C=O) groups is 7. The third kappa shape index (κ3) is 23.3. The third-order valence-electron chi connectivity index (χ3n) is 32.5. The highest BCUT2D eigenvalue weighted by molar-refractivity contribution is 6.01. The van der Waals surface area contributed by atoms with Crippen molar-refractivity contribution in [1.82, 2.24) is 41.6 Å². The molecule has 29 N–H and O–H groups in total. The number of benzene rings is 2. The molecular formula is C97H148N12O37. The Labute approximate surface area is 842 Å². The number of carbonyl (C=O) groups excluding carboxylic acids is 7. The van der Waals surface area contributed by atoms with Crippen LogP contribution in [-0.2, 0) is 127 Å². The van der Waals surface area contributed by atoms with Crippen molar-refractivity contribution in [2.24, 2.45) is 40.1 Å². The minimum Gasteiger partial charge on any atom is -0.399 e. The molecule has 818 valence electrons. The lowest BCUT2D eigenvalue weighted by Crippen LogP contribution is -2.69. The lowest BCUT2D eigenvalue weighted by atomic mass is 9.49. The number of aliphatic hydroxyl groups is 17. The predicted molar refractivity (Wildman–Crippen MR) is 501 cm³/mol. The summed E-state index contributed by atoms with van der Waals surface area (Å²) in [6.45, 7) is 5.70. The molecule has 146 heavy (non-hydrogen) atoms. The molecule has 23 heterocycles. The second-order valence-electron chi connectivity index (χ2n) is 42.5. The molecule has 8 amide bonds. The summed E-state index contributed by atoms with van der Waals surface area (Å²) in [6, 6.07) is 7.51. The van der Waals surface area contributed by atoms with E-state index in [0.717, 1.165) is 43.2 Å². The SMILES string of the molecule is CC(C)[C@H](NC(=O)[C@H](N)CCCCNC(=O)COC1CCCCCc2c1nnn2CC1OC2OC3C(CO)OC(OC4C(CO)OC(OC5C(CO)OC(OC6C(CO)OC(OC7C(CO)OC(OC1C(O)C2O)C(O)C7O)C(O)C6O)C(O)C5O)C(O)C4O)C(O)C3O)C(=O)N[C@@H](CCCNC(N)=O)C(=O)Nc1ccc2c(c1)[C@@]1(C)CCC[C@](C)(C(=O)NC(=O)[C@@]3(C)CCC[C@]4(C)c5cc(N)ccc5CC[C@@H]34)[C@@H]1CC2. The Morgan fingerprint density at radius 2 is 0.890 bits per heavy atom. The summed E-state index contributed by atoms with van der Waals surface area (Å²) < 4.78 is 79.1. The highest BCUT2D eigenvalue weighted by Gasteiger charge is 2.63. The van der Waals surface area contributed by atoms with Crippen LogP contribution in [0.25, 0.3) is 0 Å². The van der Waals surface area contributed by atoms with E-state index < -0.39 is 306 Å². The van der Waals surface area contributed by atoms with Crippen LogP contribution in [0.15, 0.2) is 36.4 Å². The average molecular weight is 2070 g/mol. The summed E-state index contributed by atoms with van der Waals surface area (Å²) in [5.74, 6) is -3.69. The summed E-state index contributed by atoms with van der Waals surface area (Å²) in [5, 5.41) is 221. The number of nitrogens with two attached hydrogens (primary N) is 3. The molecule has 0 spiro atoms. The van der Waals surface area contributed by atoms with Crippen molar-refractivity contribution in [3.8, 4) is 0 Å². The summed E-state index contributed by atoms with van der Waals surface area (Å²) in [4.78, 5) is 98.5. The number of nitrogens with zero attached hydrogens (tertiary/aromatic N) is 3. The Hall–Kier alpha value is -7.57. The largest absolute Gasteiger partial charge is 0.399 e. The van der Waals surface area contributed by atoms with E-state index in [4.69, 9.17) is 78.8 Å². The molecular weight excluding hydrogens is 1930 g/mol.